The molecule has 28 heavy (non-hydrogen) atoms. The van der Waals surface area contributed by atoms with Gasteiger partial charge in [0.15, 0.2) is 8.32 Å². The van der Waals surface area contributed by atoms with E-state index in [1.807, 2.05) is 0 Å². The molecule has 2 nitrogen and oxygen atoms in total. The Balaban J connectivity index is 1.55. The number of Topliss-reactive ketones (excluding diaryl/α,β-unsaturated/α-hetero) is 1. The van der Waals surface area contributed by atoms with E-state index in [0.29, 0.717) is 33.7 Å². The Morgan fingerprint density at radius 1 is 0.929 bits per heavy atom. The molecule has 4 saturated carbocycles. The van der Waals surface area contributed by atoms with Crippen LogP contribution in [0.15, 0.2) is 0 Å². The van der Waals surface area contributed by atoms with Crippen molar-refractivity contribution in [2.75, 3.05) is 0 Å². The molecule has 7 atom stereocenters. The Morgan fingerprint density at radius 3 is 2.29 bits per heavy atom. The lowest BCUT2D eigenvalue weighted by Crippen LogP contribution is -2.55. The molecule has 0 aromatic carbocycles. The molecule has 4 fully saturated rings. The Morgan fingerprint density at radius 2 is 1.61 bits per heavy atom. The number of fused-ring (bicyclic) bond motifs is 5. The minimum Gasteiger partial charge on any atom is -0.413 e. The number of carbonyl (C=O) groups is 1. The molecule has 0 aromatic heterocycles. The SMILES string of the molecule is CC(C)(C)[Si](C)(C)OC1CC[C@H]2[C@@H]3CCC4CC(=O)CC[C@]4(C)[C@H]3CC[C@]12C. The van der Waals surface area contributed by atoms with Crippen LogP contribution >= 0.6 is 0 Å². The van der Waals surface area contributed by atoms with Crippen molar-refractivity contribution < 1.29 is 9.22 Å². The first-order valence-electron chi connectivity index (χ1n) is 12.1. The van der Waals surface area contributed by atoms with Crippen LogP contribution in [0.3, 0.4) is 0 Å². The van der Waals surface area contributed by atoms with Gasteiger partial charge in [-0.25, -0.2) is 0 Å². The Bertz CT molecular complexity index is 635. The van der Waals surface area contributed by atoms with Crippen LogP contribution in [0.5, 0.6) is 0 Å². The van der Waals surface area contributed by atoms with E-state index in [-0.39, 0.29) is 0 Å². The zero-order valence-corrected chi connectivity index (χ0v) is 20.6. The van der Waals surface area contributed by atoms with Gasteiger partial charge < -0.3 is 4.43 Å². The highest BCUT2D eigenvalue weighted by Crippen LogP contribution is 2.66. The van der Waals surface area contributed by atoms with Crippen LogP contribution in [0.1, 0.15) is 92.4 Å². The van der Waals surface area contributed by atoms with Crippen molar-refractivity contribution in [3.8, 4) is 0 Å². The second-order valence-corrected chi connectivity index (χ2v) is 17.6. The molecule has 2 unspecified atom stereocenters. The molecule has 160 valence electrons. The van der Waals surface area contributed by atoms with Crippen LogP contribution in [0.2, 0.25) is 18.1 Å². The average Bonchev–Trinajstić information content (AvgIpc) is 2.91. The summed E-state index contributed by atoms with van der Waals surface area (Å²) in [7, 11) is -1.72. The van der Waals surface area contributed by atoms with Gasteiger partial charge in [-0.15, -0.1) is 0 Å². The first-order valence-corrected chi connectivity index (χ1v) is 15.0. The third-order valence-electron chi connectivity index (χ3n) is 10.6. The van der Waals surface area contributed by atoms with E-state index < -0.39 is 8.32 Å². The summed E-state index contributed by atoms with van der Waals surface area (Å²) >= 11 is 0. The Hall–Kier alpha value is -0.153. The summed E-state index contributed by atoms with van der Waals surface area (Å²) < 4.78 is 7.06. The summed E-state index contributed by atoms with van der Waals surface area (Å²) in [6.07, 6.45) is 11.4. The summed E-state index contributed by atoms with van der Waals surface area (Å²) in [5.74, 6) is 3.77. The molecule has 3 heteroatoms. The highest BCUT2D eigenvalue weighted by Gasteiger charge is 2.61. The van der Waals surface area contributed by atoms with Crippen molar-refractivity contribution in [3.63, 3.8) is 0 Å². The first-order chi connectivity index (χ1) is 12.9. The lowest BCUT2D eigenvalue weighted by Gasteiger charge is -2.60. The predicted octanol–water partition coefficient (Wildman–Crippen LogP) is 6.99. The second-order valence-electron chi connectivity index (χ2n) is 12.9. The van der Waals surface area contributed by atoms with Gasteiger partial charge in [-0.1, -0.05) is 34.6 Å². The summed E-state index contributed by atoms with van der Waals surface area (Å²) in [4.78, 5) is 12.1. The van der Waals surface area contributed by atoms with Gasteiger partial charge in [0.2, 0.25) is 0 Å². The third kappa shape index (κ3) is 3.09. The highest BCUT2D eigenvalue weighted by atomic mass is 28.4. The normalized spacial score (nSPS) is 46.7. The van der Waals surface area contributed by atoms with Gasteiger partial charge in [0.25, 0.3) is 0 Å². The molecule has 4 aliphatic rings. The van der Waals surface area contributed by atoms with Gasteiger partial charge in [0.05, 0.1) is 6.10 Å². The van der Waals surface area contributed by atoms with Crippen molar-refractivity contribution in [1.29, 1.82) is 0 Å². The molecule has 4 rings (SSSR count). The highest BCUT2D eigenvalue weighted by molar-refractivity contribution is 6.74. The average molecular weight is 405 g/mol. The van der Waals surface area contributed by atoms with E-state index in [4.69, 9.17) is 4.43 Å². The van der Waals surface area contributed by atoms with Crippen molar-refractivity contribution in [1.82, 2.24) is 0 Å². The second kappa shape index (κ2) is 6.67. The van der Waals surface area contributed by atoms with Crippen LogP contribution in [0, 0.1) is 34.5 Å². The van der Waals surface area contributed by atoms with Gasteiger partial charge in [-0.3, -0.25) is 4.79 Å². The van der Waals surface area contributed by atoms with Gasteiger partial charge in [0.1, 0.15) is 5.78 Å². The fraction of sp³-hybridized carbons (Fsp3) is 0.960. The van der Waals surface area contributed by atoms with Crippen LogP contribution in [-0.2, 0) is 9.22 Å². The van der Waals surface area contributed by atoms with E-state index >= 15 is 0 Å². The smallest absolute Gasteiger partial charge is 0.192 e. The van der Waals surface area contributed by atoms with Gasteiger partial charge in [-0.2, -0.15) is 0 Å². The molecule has 0 saturated heterocycles. The van der Waals surface area contributed by atoms with Gasteiger partial charge >= 0.3 is 0 Å². The number of hydrogen-bond donors (Lipinski definition) is 0. The lowest BCUT2D eigenvalue weighted by molar-refractivity contribution is -0.141. The largest absolute Gasteiger partial charge is 0.413 e. The van der Waals surface area contributed by atoms with Crippen molar-refractivity contribution >= 4 is 14.1 Å². The number of hydrogen-bond acceptors (Lipinski definition) is 2. The van der Waals surface area contributed by atoms with E-state index in [9.17, 15) is 4.79 Å². The van der Waals surface area contributed by atoms with Crippen LogP contribution in [-0.4, -0.2) is 20.2 Å². The van der Waals surface area contributed by atoms with Crippen molar-refractivity contribution in [2.45, 2.75) is 117 Å². The molecular formula is C25H44O2Si. The Kier molecular flexibility index (Phi) is 5.03. The fourth-order valence-electron chi connectivity index (χ4n) is 7.72. The maximum Gasteiger partial charge on any atom is 0.192 e. The summed E-state index contributed by atoms with van der Waals surface area (Å²) in [5, 5.41) is 0.290. The third-order valence-corrected chi connectivity index (χ3v) is 15.1. The summed E-state index contributed by atoms with van der Waals surface area (Å²) in [6, 6.07) is 0. The molecule has 0 N–H and O–H groups in total. The lowest BCUT2D eigenvalue weighted by atomic mass is 9.45. The standard InChI is InChI=1S/C25H44O2Si/c1-23(2,3)28(6,7)27-22-11-10-20-19-9-8-17-16-18(26)12-14-24(17,4)21(19)13-15-25(20,22)5/h17,19-22H,8-16H2,1-7H3/t17?,19-,20-,21-,22?,24-,25-/m0/s1. The first kappa shape index (κ1) is 21.1. The van der Waals surface area contributed by atoms with Crippen LogP contribution in [0.25, 0.3) is 0 Å². The predicted molar refractivity (Wildman–Crippen MR) is 119 cm³/mol. The fourth-order valence-corrected chi connectivity index (χ4v) is 9.18. The molecule has 0 spiro atoms. The van der Waals surface area contributed by atoms with E-state index in [0.717, 1.165) is 37.0 Å². The minimum atomic E-state index is -1.72. The molecule has 0 bridgehead atoms. The minimum absolute atomic E-state index is 0.290. The van der Waals surface area contributed by atoms with Crippen molar-refractivity contribution in [2.24, 2.45) is 34.5 Å². The van der Waals surface area contributed by atoms with Crippen LogP contribution in [0.4, 0.5) is 0 Å². The van der Waals surface area contributed by atoms with Crippen molar-refractivity contribution in [3.05, 3.63) is 0 Å². The number of carbonyl (C=O) groups excluding carboxylic acids is 1. The van der Waals surface area contributed by atoms with Gasteiger partial charge in [0, 0.05) is 12.8 Å². The van der Waals surface area contributed by atoms with Crippen LogP contribution < -0.4 is 0 Å². The molecule has 0 heterocycles. The molecule has 0 amide bonds. The monoisotopic (exact) mass is 404 g/mol. The van der Waals surface area contributed by atoms with E-state index in [2.05, 4.69) is 47.7 Å². The van der Waals surface area contributed by atoms with E-state index in [1.54, 1.807) is 0 Å². The maximum atomic E-state index is 12.1. The topological polar surface area (TPSA) is 26.3 Å². The zero-order valence-electron chi connectivity index (χ0n) is 19.6. The van der Waals surface area contributed by atoms with E-state index in [1.165, 1.54) is 38.5 Å². The summed E-state index contributed by atoms with van der Waals surface area (Å²) in [6.45, 7) is 17.1. The molecule has 0 aliphatic heterocycles. The zero-order chi connectivity index (χ0) is 20.5. The molecular weight excluding hydrogens is 360 g/mol. The quantitative estimate of drug-likeness (QED) is 0.464. The maximum absolute atomic E-state index is 12.1. The van der Waals surface area contributed by atoms with Gasteiger partial charge in [-0.05, 0) is 97.6 Å². The summed E-state index contributed by atoms with van der Waals surface area (Å²) in [5.41, 5.74) is 0.806. The molecule has 0 aromatic rings. The molecule has 0 radical (unpaired) electrons. The Labute approximate surface area is 174 Å². The number of ketones is 1. The molecule has 4 aliphatic carbocycles. The number of rotatable bonds is 2.